The first kappa shape index (κ1) is 8.35. The number of rotatable bonds is 2. The molecule has 3 heteroatoms. The molecule has 0 rings (SSSR count). The second kappa shape index (κ2) is 3.39. The van der Waals surface area contributed by atoms with Gasteiger partial charge in [-0.1, -0.05) is 0 Å². The Hall–Kier alpha value is 0.353. The molecule has 48 valence electrons. The standard InChI is InChI=1S/C5H10AtNO/c1-3(2)4(6)5(7)8/h3-4H,1-2H3,(H2,7,8). The molecule has 1 atom stereocenters. The Bertz CT molecular complexity index is 92.4. The zero-order valence-corrected chi connectivity index (χ0v) is 7.96. The van der Waals surface area contributed by atoms with Crippen molar-refractivity contribution in [1.82, 2.24) is 0 Å². The molecule has 8 heavy (non-hydrogen) atoms. The molecule has 0 aliphatic rings. The van der Waals surface area contributed by atoms with Crippen molar-refractivity contribution in [2.45, 2.75) is 17.5 Å². The summed E-state index contributed by atoms with van der Waals surface area (Å²) < 4.78 is 0.0648. The van der Waals surface area contributed by atoms with E-state index in [-0.39, 0.29) is 9.53 Å². The summed E-state index contributed by atoms with van der Waals surface area (Å²) in [5, 5.41) is 0. The van der Waals surface area contributed by atoms with Crippen LogP contribution in [0.2, 0.25) is 3.63 Å². The van der Waals surface area contributed by atoms with Gasteiger partial charge in [0.2, 0.25) is 0 Å². The summed E-state index contributed by atoms with van der Waals surface area (Å²) >= 11 is 1.46. The maximum atomic E-state index is 10.4. The molecule has 1 unspecified atom stereocenters. The van der Waals surface area contributed by atoms with Crippen LogP contribution < -0.4 is 5.73 Å². The molecule has 0 saturated carbocycles. The van der Waals surface area contributed by atoms with E-state index in [0.717, 1.165) is 0 Å². The monoisotopic (exact) mass is 310 g/mol. The van der Waals surface area contributed by atoms with Crippen molar-refractivity contribution in [3.05, 3.63) is 0 Å². The predicted molar refractivity (Wildman–Crippen MR) is 27.8 cm³/mol. The van der Waals surface area contributed by atoms with Crippen LogP contribution in [0.1, 0.15) is 13.8 Å². The van der Waals surface area contributed by atoms with Crippen molar-refractivity contribution in [1.29, 1.82) is 0 Å². The number of nitrogens with two attached hydrogens (primary N) is 1. The SMILES string of the molecule is CC(C)C([At])C(N)=O. The quantitative estimate of drug-likeness (QED) is 0.791. The van der Waals surface area contributed by atoms with Crippen molar-refractivity contribution in [2.75, 3.05) is 0 Å². The number of amides is 1. The van der Waals surface area contributed by atoms with Gasteiger partial charge < -0.3 is 0 Å². The molecule has 0 saturated heterocycles. The normalized spacial score (nSPS) is 14.0. The molecular formula is C5H10AtNO. The zero-order valence-electron chi connectivity index (χ0n) is 5.02. The number of carbonyl (C=O) groups is 1. The third-order valence-corrected chi connectivity index (χ3v) is 3.65. The molecule has 0 aromatic rings. The molecule has 0 radical (unpaired) electrons. The van der Waals surface area contributed by atoms with Crippen LogP contribution in [0.3, 0.4) is 0 Å². The van der Waals surface area contributed by atoms with Gasteiger partial charge in [-0.05, 0) is 0 Å². The van der Waals surface area contributed by atoms with Gasteiger partial charge in [0.15, 0.2) is 0 Å². The molecule has 0 fully saturated rings. The van der Waals surface area contributed by atoms with Crippen LogP contribution in [-0.2, 0) is 4.79 Å². The van der Waals surface area contributed by atoms with Crippen LogP contribution in [-0.4, -0.2) is 5.91 Å². The summed E-state index contributed by atoms with van der Waals surface area (Å²) in [4.78, 5) is 10.4. The van der Waals surface area contributed by atoms with E-state index in [2.05, 4.69) is 0 Å². The average Bonchev–Trinajstić information content (AvgIpc) is 1.64. The second-order valence-electron chi connectivity index (χ2n) is 2.05. The zero-order chi connectivity index (χ0) is 6.73. The third-order valence-electron chi connectivity index (χ3n) is 0.857. The van der Waals surface area contributed by atoms with E-state index >= 15 is 0 Å². The summed E-state index contributed by atoms with van der Waals surface area (Å²) in [5.74, 6) is 0.209. The van der Waals surface area contributed by atoms with Crippen LogP contribution >= 0.6 is 0 Å². The first-order valence-corrected chi connectivity index (χ1v) is 4.18. The Labute approximate surface area is 64.7 Å². The van der Waals surface area contributed by atoms with Gasteiger partial charge in [0, 0.05) is 0 Å². The first-order valence-electron chi connectivity index (χ1n) is 2.49. The molecule has 2 N–H and O–H groups in total. The van der Waals surface area contributed by atoms with Crippen molar-refractivity contribution < 1.29 is 29.5 Å². The Kier molecular flexibility index (Phi) is 3.54. The van der Waals surface area contributed by atoms with Crippen molar-refractivity contribution in [3.63, 3.8) is 0 Å². The topological polar surface area (TPSA) is 43.1 Å². The number of hydrogen-bond acceptors (Lipinski definition) is 1. The van der Waals surface area contributed by atoms with Crippen LogP contribution in [0, 0.1) is 30.6 Å². The fourth-order valence-electron chi connectivity index (χ4n) is 0.329. The summed E-state index contributed by atoms with van der Waals surface area (Å²) in [6.07, 6.45) is 0. The number of primary amides is 1. The van der Waals surface area contributed by atoms with Crippen LogP contribution in [0.5, 0.6) is 0 Å². The van der Waals surface area contributed by atoms with Crippen LogP contribution in [0.4, 0.5) is 0 Å². The minimum atomic E-state index is -0.184. The number of carbonyl (C=O) groups excluding carboxylic acids is 1. The molecule has 2 nitrogen and oxygen atoms in total. The molecule has 0 aliphatic heterocycles. The van der Waals surface area contributed by atoms with Gasteiger partial charge in [-0.3, -0.25) is 0 Å². The second-order valence-corrected chi connectivity index (χ2v) is 3.88. The maximum absolute atomic E-state index is 10.4. The molecule has 0 bridgehead atoms. The van der Waals surface area contributed by atoms with E-state index in [0.29, 0.717) is 5.92 Å². The molecular weight excluding hydrogens is 300 g/mol. The van der Waals surface area contributed by atoms with Gasteiger partial charge in [-0.2, -0.15) is 0 Å². The molecule has 0 aliphatic carbocycles. The summed E-state index contributed by atoms with van der Waals surface area (Å²) in [5.41, 5.74) is 5.01. The van der Waals surface area contributed by atoms with E-state index in [1.165, 1.54) is 24.7 Å². The van der Waals surface area contributed by atoms with Crippen molar-refractivity contribution in [2.24, 2.45) is 11.7 Å². The summed E-state index contributed by atoms with van der Waals surface area (Å²) in [7, 11) is 0. The first-order chi connectivity index (χ1) is 3.55. The Morgan fingerprint density at radius 3 is 2.00 bits per heavy atom. The van der Waals surface area contributed by atoms with E-state index in [4.69, 9.17) is 5.73 Å². The predicted octanol–water partition coefficient (Wildman–Crippen LogP) is 0.466. The third kappa shape index (κ3) is 2.61. The summed E-state index contributed by atoms with van der Waals surface area (Å²) in [6, 6.07) is 0. The van der Waals surface area contributed by atoms with Crippen molar-refractivity contribution in [3.8, 4) is 0 Å². The van der Waals surface area contributed by atoms with Gasteiger partial charge in [-0.15, -0.1) is 0 Å². The van der Waals surface area contributed by atoms with Crippen LogP contribution in [0.25, 0.3) is 0 Å². The Morgan fingerprint density at radius 2 is 2.00 bits per heavy atom. The average molecular weight is 310 g/mol. The minimum absolute atomic E-state index is 0.0648. The molecule has 0 spiro atoms. The molecule has 1 amide bonds. The van der Waals surface area contributed by atoms with Gasteiger partial charge in [-0.25, -0.2) is 0 Å². The van der Waals surface area contributed by atoms with Gasteiger partial charge in [0.05, 0.1) is 0 Å². The summed E-state index contributed by atoms with van der Waals surface area (Å²) in [6.45, 7) is 3.99. The van der Waals surface area contributed by atoms with Crippen molar-refractivity contribution >= 4 is 5.91 Å². The fraction of sp³-hybridized carbons (Fsp3) is 0.800. The Morgan fingerprint density at radius 1 is 1.62 bits per heavy atom. The molecule has 0 aromatic carbocycles. The molecule has 0 heterocycles. The molecule has 0 aromatic heterocycles. The van der Waals surface area contributed by atoms with E-state index in [9.17, 15) is 4.79 Å². The Balaban J connectivity index is 3.64. The van der Waals surface area contributed by atoms with Crippen LogP contribution in [0.15, 0.2) is 0 Å². The van der Waals surface area contributed by atoms with E-state index in [1.807, 2.05) is 13.8 Å². The number of hydrogen-bond donors (Lipinski definition) is 1. The van der Waals surface area contributed by atoms with Gasteiger partial charge >= 0.3 is 64.5 Å². The van der Waals surface area contributed by atoms with Gasteiger partial charge in [0.25, 0.3) is 0 Å². The van der Waals surface area contributed by atoms with E-state index in [1.54, 1.807) is 0 Å². The van der Waals surface area contributed by atoms with E-state index < -0.39 is 0 Å². The van der Waals surface area contributed by atoms with Gasteiger partial charge in [0.1, 0.15) is 0 Å². The fourth-order valence-corrected chi connectivity index (χ4v) is 0.329.